The molecule has 0 unspecified atom stereocenters. The van der Waals surface area contributed by atoms with Gasteiger partial charge in [-0.3, -0.25) is 0 Å². The van der Waals surface area contributed by atoms with E-state index in [-0.39, 0.29) is 0 Å². The van der Waals surface area contributed by atoms with E-state index in [0.29, 0.717) is 26.4 Å². The van der Waals surface area contributed by atoms with Gasteiger partial charge < -0.3 is 9.47 Å². The van der Waals surface area contributed by atoms with Crippen LogP contribution in [0.25, 0.3) is 0 Å². The summed E-state index contributed by atoms with van der Waals surface area (Å²) in [6, 6.07) is 0. The molecule has 0 aromatic rings. The molecule has 0 saturated carbocycles. The van der Waals surface area contributed by atoms with Crippen LogP contribution in [0.1, 0.15) is 0 Å². The van der Waals surface area contributed by atoms with Crippen molar-refractivity contribution in [3.8, 4) is 0 Å². The van der Waals surface area contributed by atoms with E-state index in [9.17, 15) is 0 Å². The molecule has 0 heterocycles. The molecule has 0 aromatic heterocycles. The summed E-state index contributed by atoms with van der Waals surface area (Å²) >= 11 is 0. The minimum atomic E-state index is 0.514. The lowest BCUT2D eigenvalue weighted by Crippen LogP contribution is -1.91. The van der Waals surface area contributed by atoms with E-state index < -0.39 is 0 Å². The predicted octanol–water partition coefficient (Wildman–Crippen LogP) is 1.24. The quantitative estimate of drug-likeness (QED) is 0.410. The fourth-order valence-corrected chi connectivity index (χ4v) is 0.439. The molecule has 0 N–H and O–H groups in total. The Morgan fingerprint density at radius 2 is 1.30 bits per heavy atom. The Morgan fingerprint density at radius 3 is 1.60 bits per heavy atom. The molecule has 2 heteroatoms. The molecule has 0 bridgehead atoms. The molecule has 0 spiro atoms. The first kappa shape index (κ1) is 9.66. The summed E-state index contributed by atoms with van der Waals surface area (Å²) in [4.78, 5) is 0. The second-order valence-corrected chi connectivity index (χ2v) is 1.62. The lowest BCUT2D eigenvalue weighted by Gasteiger charge is -1.94. The van der Waals surface area contributed by atoms with Gasteiger partial charge in [-0.2, -0.15) is 0 Å². The highest BCUT2D eigenvalue weighted by molar-refractivity contribution is 4.81. The highest BCUT2D eigenvalue weighted by atomic mass is 16.5. The summed E-state index contributed by atoms with van der Waals surface area (Å²) in [5, 5.41) is 0. The van der Waals surface area contributed by atoms with E-state index in [4.69, 9.17) is 9.47 Å². The van der Waals surface area contributed by atoms with Gasteiger partial charge in [-0.15, -0.1) is 0 Å². The fraction of sp³-hybridized carbons (Fsp3) is 0.500. The minimum absolute atomic E-state index is 0.514. The molecule has 2 radical (unpaired) electrons. The summed E-state index contributed by atoms with van der Waals surface area (Å²) in [6.07, 6.45) is 3.81. The number of hydrogen-bond donors (Lipinski definition) is 0. The molecule has 0 rings (SSSR count). The van der Waals surface area contributed by atoms with Crippen LogP contribution < -0.4 is 0 Å². The Hall–Kier alpha value is -0.340. The molecular weight excluding hydrogens is 128 g/mol. The van der Waals surface area contributed by atoms with Gasteiger partial charge in [0.1, 0.15) is 0 Å². The molecule has 0 saturated heterocycles. The summed E-state index contributed by atoms with van der Waals surface area (Å²) in [5.41, 5.74) is 0. The third-order valence-corrected chi connectivity index (χ3v) is 0.883. The maximum atomic E-state index is 4.94. The van der Waals surface area contributed by atoms with Crippen LogP contribution in [0.3, 0.4) is 0 Å². The number of hydrogen-bond acceptors (Lipinski definition) is 2. The normalized spacial score (nSPS) is 11.0. The van der Waals surface area contributed by atoms with E-state index in [1.165, 1.54) is 0 Å². The van der Waals surface area contributed by atoms with Gasteiger partial charge in [-0.25, -0.2) is 0 Å². The average Bonchev–Trinajstić information content (AvgIpc) is 1.97. The third-order valence-electron chi connectivity index (χ3n) is 0.883. The van der Waals surface area contributed by atoms with Crippen LogP contribution in [-0.2, 0) is 9.47 Å². The number of ether oxygens (including phenoxy) is 2. The van der Waals surface area contributed by atoms with Crippen molar-refractivity contribution < 1.29 is 9.47 Å². The first-order chi connectivity index (χ1) is 4.91. The lowest BCUT2D eigenvalue weighted by atomic mass is 10.5. The molecule has 0 amide bonds. The Kier molecular flexibility index (Phi) is 8.37. The van der Waals surface area contributed by atoms with Crippen molar-refractivity contribution in [3.05, 3.63) is 26.0 Å². The Morgan fingerprint density at radius 1 is 0.900 bits per heavy atom. The van der Waals surface area contributed by atoms with Crippen LogP contribution in [0.2, 0.25) is 0 Å². The topological polar surface area (TPSA) is 18.5 Å². The summed E-state index contributed by atoms with van der Waals surface area (Å²) in [6.45, 7) is 9.30. The molecule has 2 nitrogen and oxygen atoms in total. The zero-order valence-corrected chi connectivity index (χ0v) is 6.21. The Labute approximate surface area is 62.8 Å². The third kappa shape index (κ3) is 7.66. The molecular formula is C8H14O2. The highest BCUT2D eigenvalue weighted by Gasteiger charge is 1.76. The standard InChI is InChI=1S/C8H14O2/c1-3-9-7-5-6-8-10-4-2/h5-6H,1-4,7-8H2. The van der Waals surface area contributed by atoms with Crippen LogP contribution in [0.15, 0.2) is 12.2 Å². The predicted molar refractivity (Wildman–Crippen MR) is 41.5 cm³/mol. The second-order valence-electron chi connectivity index (χ2n) is 1.62. The molecule has 0 atom stereocenters. The first-order valence-electron chi connectivity index (χ1n) is 3.30. The molecule has 0 fully saturated rings. The van der Waals surface area contributed by atoms with E-state index in [0.717, 1.165) is 0 Å². The van der Waals surface area contributed by atoms with Gasteiger partial charge in [0.15, 0.2) is 0 Å². The van der Waals surface area contributed by atoms with Crippen LogP contribution in [-0.4, -0.2) is 26.4 Å². The van der Waals surface area contributed by atoms with Crippen molar-refractivity contribution in [1.29, 1.82) is 0 Å². The SMILES string of the molecule is [CH2]COCC=CCOC[CH2]. The monoisotopic (exact) mass is 142 g/mol. The molecule has 0 aliphatic carbocycles. The first-order valence-corrected chi connectivity index (χ1v) is 3.30. The van der Waals surface area contributed by atoms with E-state index >= 15 is 0 Å². The molecule has 0 aliphatic heterocycles. The fourth-order valence-electron chi connectivity index (χ4n) is 0.439. The van der Waals surface area contributed by atoms with Crippen molar-refractivity contribution in [2.45, 2.75) is 0 Å². The summed E-state index contributed by atoms with van der Waals surface area (Å²) in [7, 11) is 0. The van der Waals surface area contributed by atoms with Crippen molar-refractivity contribution >= 4 is 0 Å². The minimum Gasteiger partial charge on any atom is -0.377 e. The van der Waals surface area contributed by atoms with Gasteiger partial charge in [0.25, 0.3) is 0 Å². The summed E-state index contributed by atoms with van der Waals surface area (Å²) in [5.74, 6) is 0. The Balaban J connectivity index is 2.89. The smallest absolute Gasteiger partial charge is 0.0648 e. The van der Waals surface area contributed by atoms with Gasteiger partial charge in [0.05, 0.1) is 13.2 Å². The van der Waals surface area contributed by atoms with Crippen LogP contribution in [0.4, 0.5) is 0 Å². The molecule has 58 valence electrons. The van der Waals surface area contributed by atoms with E-state index in [2.05, 4.69) is 13.8 Å². The van der Waals surface area contributed by atoms with Crippen molar-refractivity contribution in [2.75, 3.05) is 26.4 Å². The molecule has 0 aromatic carbocycles. The zero-order chi connectivity index (χ0) is 7.66. The molecule has 10 heavy (non-hydrogen) atoms. The largest absolute Gasteiger partial charge is 0.377 e. The zero-order valence-electron chi connectivity index (χ0n) is 6.21. The summed E-state index contributed by atoms with van der Waals surface area (Å²) < 4.78 is 9.89. The van der Waals surface area contributed by atoms with E-state index in [1.54, 1.807) is 0 Å². The van der Waals surface area contributed by atoms with Crippen LogP contribution in [0.5, 0.6) is 0 Å². The van der Waals surface area contributed by atoms with Crippen molar-refractivity contribution in [2.24, 2.45) is 0 Å². The Bertz CT molecular complexity index is 69.3. The van der Waals surface area contributed by atoms with Gasteiger partial charge in [-0.1, -0.05) is 12.2 Å². The van der Waals surface area contributed by atoms with Crippen molar-refractivity contribution in [3.63, 3.8) is 0 Å². The maximum Gasteiger partial charge on any atom is 0.0648 e. The maximum absolute atomic E-state index is 4.94. The average molecular weight is 142 g/mol. The van der Waals surface area contributed by atoms with Crippen LogP contribution in [0, 0.1) is 13.8 Å². The lowest BCUT2D eigenvalue weighted by molar-refractivity contribution is 0.183. The second kappa shape index (κ2) is 8.66. The van der Waals surface area contributed by atoms with Gasteiger partial charge in [-0.05, 0) is 13.8 Å². The number of rotatable bonds is 6. The van der Waals surface area contributed by atoms with Gasteiger partial charge in [0.2, 0.25) is 0 Å². The highest BCUT2D eigenvalue weighted by Crippen LogP contribution is 1.78. The van der Waals surface area contributed by atoms with Gasteiger partial charge >= 0.3 is 0 Å². The van der Waals surface area contributed by atoms with Crippen molar-refractivity contribution in [1.82, 2.24) is 0 Å². The van der Waals surface area contributed by atoms with Crippen LogP contribution >= 0.6 is 0 Å². The van der Waals surface area contributed by atoms with E-state index in [1.807, 2.05) is 12.2 Å². The van der Waals surface area contributed by atoms with Gasteiger partial charge in [0, 0.05) is 13.2 Å². The molecule has 0 aliphatic rings.